The van der Waals surface area contributed by atoms with Crippen LogP contribution in [0.15, 0.2) is 47.4 Å². The standard InChI is InChI=1S/C17H19FN2O3S/c1-12-7-8-14(11-13(12)2)24(22,23)19-10-9-17(21)20-16-6-4-3-5-15(16)18/h3-8,11,19H,9-10H2,1-2H3,(H,20,21). The molecule has 2 aromatic rings. The van der Waals surface area contributed by atoms with Crippen LogP contribution in [0, 0.1) is 19.7 Å². The summed E-state index contributed by atoms with van der Waals surface area (Å²) in [6.07, 6.45) is -0.0988. The molecule has 0 saturated carbocycles. The second-order valence-electron chi connectivity index (χ2n) is 5.42. The Kier molecular flexibility index (Phi) is 5.69. The van der Waals surface area contributed by atoms with Gasteiger partial charge in [0.25, 0.3) is 0 Å². The number of carbonyl (C=O) groups is 1. The van der Waals surface area contributed by atoms with Crippen LogP contribution in [0.4, 0.5) is 10.1 Å². The van der Waals surface area contributed by atoms with Gasteiger partial charge in [0, 0.05) is 13.0 Å². The SMILES string of the molecule is Cc1ccc(S(=O)(=O)NCCC(=O)Nc2ccccc2F)cc1C. The normalized spacial score (nSPS) is 11.3. The van der Waals surface area contributed by atoms with Gasteiger partial charge in [-0.1, -0.05) is 18.2 Å². The van der Waals surface area contributed by atoms with E-state index in [1.54, 1.807) is 18.2 Å². The van der Waals surface area contributed by atoms with Gasteiger partial charge in [-0.25, -0.2) is 17.5 Å². The van der Waals surface area contributed by atoms with Crippen molar-refractivity contribution in [1.82, 2.24) is 4.72 Å². The number of anilines is 1. The topological polar surface area (TPSA) is 75.3 Å². The molecular weight excluding hydrogens is 331 g/mol. The molecule has 2 N–H and O–H groups in total. The number of benzene rings is 2. The molecule has 24 heavy (non-hydrogen) atoms. The number of hydrogen-bond acceptors (Lipinski definition) is 3. The molecule has 7 heteroatoms. The predicted molar refractivity (Wildman–Crippen MR) is 90.8 cm³/mol. The van der Waals surface area contributed by atoms with Crippen molar-refractivity contribution in [3.63, 3.8) is 0 Å². The number of para-hydroxylation sites is 1. The van der Waals surface area contributed by atoms with Gasteiger partial charge in [0.1, 0.15) is 5.82 Å². The molecule has 0 radical (unpaired) electrons. The largest absolute Gasteiger partial charge is 0.324 e. The van der Waals surface area contributed by atoms with Crippen LogP contribution in [0.3, 0.4) is 0 Å². The maximum atomic E-state index is 13.4. The number of amides is 1. The Hall–Kier alpha value is -2.25. The lowest BCUT2D eigenvalue weighted by atomic mass is 10.1. The van der Waals surface area contributed by atoms with E-state index in [0.717, 1.165) is 11.1 Å². The number of nitrogens with one attached hydrogen (secondary N) is 2. The number of sulfonamides is 1. The molecule has 5 nitrogen and oxygen atoms in total. The van der Waals surface area contributed by atoms with Gasteiger partial charge >= 0.3 is 0 Å². The highest BCUT2D eigenvalue weighted by Crippen LogP contribution is 2.15. The van der Waals surface area contributed by atoms with Gasteiger partial charge in [0.2, 0.25) is 15.9 Å². The third kappa shape index (κ3) is 4.62. The van der Waals surface area contributed by atoms with Crippen molar-refractivity contribution in [2.75, 3.05) is 11.9 Å². The summed E-state index contributed by atoms with van der Waals surface area (Å²) >= 11 is 0. The smallest absolute Gasteiger partial charge is 0.240 e. The molecule has 0 spiro atoms. The average Bonchev–Trinajstić information content (AvgIpc) is 2.52. The molecule has 0 atom stereocenters. The van der Waals surface area contributed by atoms with Crippen molar-refractivity contribution in [2.45, 2.75) is 25.2 Å². The van der Waals surface area contributed by atoms with Gasteiger partial charge in [0.15, 0.2) is 0 Å². The molecular formula is C17H19FN2O3S. The van der Waals surface area contributed by atoms with Crippen molar-refractivity contribution in [1.29, 1.82) is 0 Å². The number of rotatable bonds is 6. The zero-order valence-electron chi connectivity index (χ0n) is 13.5. The fraction of sp³-hybridized carbons (Fsp3) is 0.235. The Bertz CT molecular complexity index is 851. The molecule has 2 aromatic carbocycles. The summed E-state index contributed by atoms with van der Waals surface area (Å²) in [6.45, 7) is 3.65. The van der Waals surface area contributed by atoms with Gasteiger partial charge in [0.05, 0.1) is 10.6 Å². The van der Waals surface area contributed by atoms with Crippen LogP contribution in [0.2, 0.25) is 0 Å². The lowest BCUT2D eigenvalue weighted by Crippen LogP contribution is -2.28. The molecule has 0 aliphatic carbocycles. The van der Waals surface area contributed by atoms with E-state index in [0.29, 0.717) is 0 Å². The molecule has 128 valence electrons. The van der Waals surface area contributed by atoms with E-state index < -0.39 is 21.7 Å². The third-order valence-corrected chi connectivity index (χ3v) is 5.04. The number of hydrogen-bond donors (Lipinski definition) is 2. The molecule has 0 aliphatic rings. The first-order valence-corrected chi connectivity index (χ1v) is 8.89. The maximum absolute atomic E-state index is 13.4. The Balaban J connectivity index is 1.92. The lowest BCUT2D eigenvalue weighted by molar-refractivity contribution is -0.116. The Labute approximate surface area is 141 Å². The van der Waals surface area contributed by atoms with Crippen LogP contribution in [0.25, 0.3) is 0 Å². The molecule has 2 rings (SSSR count). The molecule has 0 fully saturated rings. The van der Waals surface area contributed by atoms with Crippen LogP contribution in [-0.4, -0.2) is 20.9 Å². The van der Waals surface area contributed by atoms with E-state index in [-0.39, 0.29) is 23.5 Å². The first-order valence-electron chi connectivity index (χ1n) is 7.41. The van der Waals surface area contributed by atoms with E-state index in [1.807, 2.05) is 13.8 Å². The Morgan fingerprint density at radius 2 is 1.79 bits per heavy atom. The predicted octanol–water partition coefficient (Wildman–Crippen LogP) is 2.75. The van der Waals surface area contributed by atoms with Gasteiger partial charge in [-0.15, -0.1) is 0 Å². The van der Waals surface area contributed by atoms with E-state index in [9.17, 15) is 17.6 Å². The van der Waals surface area contributed by atoms with Crippen LogP contribution in [-0.2, 0) is 14.8 Å². The lowest BCUT2D eigenvalue weighted by Gasteiger charge is -2.09. The maximum Gasteiger partial charge on any atom is 0.240 e. The highest BCUT2D eigenvalue weighted by atomic mass is 32.2. The number of halogens is 1. The summed E-state index contributed by atoms with van der Waals surface area (Å²) in [5, 5.41) is 2.40. The Morgan fingerprint density at radius 1 is 1.08 bits per heavy atom. The summed E-state index contributed by atoms with van der Waals surface area (Å²) in [5.74, 6) is -1.01. The minimum atomic E-state index is -3.68. The molecule has 0 aliphatic heterocycles. The summed E-state index contributed by atoms with van der Waals surface area (Å²) in [6, 6.07) is 10.6. The minimum Gasteiger partial charge on any atom is -0.324 e. The first kappa shape index (κ1) is 18.1. The van der Waals surface area contributed by atoms with Crippen molar-refractivity contribution in [3.8, 4) is 0 Å². The van der Waals surface area contributed by atoms with Crippen molar-refractivity contribution < 1.29 is 17.6 Å². The van der Waals surface area contributed by atoms with E-state index >= 15 is 0 Å². The number of aryl methyl sites for hydroxylation is 2. The molecule has 0 bridgehead atoms. The van der Waals surface area contributed by atoms with Crippen molar-refractivity contribution in [3.05, 3.63) is 59.4 Å². The van der Waals surface area contributed by atoms with Crippen LogP contribution in [0.1, 0.15) is 17.5 Å². The summed E-state index contributed by atoms with van der Waals surface area (Å²) in [7, 11) is -3.68. The molecule has 1 amide bonds. The fourth-order valence-electron chi connectivity index (χ4n) is 2.04. The molecule has 0 saturated heterocycles. The zero-order valence-corrected chi connectivity index (χ0v) is 14.3. The summed E-state index contributed by atoms with van der Waals surface area (Å²) in [4.78, 5) is 11.9. The second kappa shape index (κ2) is 7.55. The Morgan fingerprint density at radius 3 is 2.46 bits per heavy atom. The average molecular weight is 350 g/mol. The van der Waals surface area contributed by atoms with E-state index in [4.69, 9.17) is 0 Å². The van der Waals surface area contributed by atoms with Crippen molar-refractivity contribution >= 4 is 21.6 Å². The zero-order chi connectivity index (χ0) is 17.7. The summed E-state index contributed by atoms with van der Waals surface area (Å²) < 4.78 is 40.2. The molecule has 0 heterocycles. The highest BCUT2D eigenvalue weighted by molar-refractivity contribution is 7.89. The molecule has 0 aromatic heterocycles. The van der Waals surface area contributed by atoms with Gasteiger partial charge in [-0.2, -0.15) is 0 Å². The van der Waals surface area contributed by atoms with Gasteiger partial charge in [-0.05, 0) is 49.2 Å². The van der Waals surface area contributed by atoms with E-state index in [2.05, 4.69) is 10.0 Å². The highest BCUT2D eigenvalue weighted by Gasteiger charge is 2.15. The van der Waals surface area contributed by atoms with Crippen molar-refractivity contribution in [2.24, 2.45) is 0 Å². The minimum absolute atomic E-state index is 0.0690. The van der Waals surface area contributed by atoms with E-state index in [1.165, 1.54) is 24.3 Å². The number of carbonyl (C=O) groups excluding carboxylic acids is 1. The monoisotopic (exact) mass is 350 g/mol. The quantitative estimate of drug-likeness (QED) is 0.841. The van der Waals surface area contributed by atoms with Gasteiger partial charge in [-0.3, -0.25) is 4.79 Å². The first-order chi connectivity index (χ1) is 11.3. The third-order valence-electron chi connectivity index (χ3n) is 3.58. The van der Waals surface area contributed by atoms with Crippen LogP contribution >= 0.6 is 0 Å². The second-order valence-corrected chi connectivity index (χ2v) is 7.19. The molecule has 0 unspecified atom stereocenters. The van der Waals surface area contributed by atoms with Gasteiger partial charge < -0.3 is 5.32 Å². The van der Waals surface area contributed by atoms with Crippen LogP contribution < -0.4 is 10.0 Å². The fourth-order valence-corrected chi connectivity index (χ4v) is 3.16. The summed E-state index contributed by atoms with van der Waals surface area (Å²) in [5.41, 5.74) is 1.94. The van der Waals surface area contributed by atoms with Crippen LogP contribution in [0.5, 0.6) is 0 Å².